The number of aromatic nitrogens is 1. The molecule has 2 N–H and O–H groups in total. The number of aromatic hydroxyl groups is 1. The van der Waals surface area contributed by atoms with E-state index in [2.05, 4.69) is 14.6 Å². The third-order valence-corrected chi connectivity index (χ3v) is 3.78. The molecule has 1 aromatic heterocycles. The van der Waals surface area contributed by atoms with Crippen LogP contribution in [0.3, 0.4) is 0 Å². The molecule has 0 fully saturated rings. The first-order chi connectivity index (χ1) is 10.6. The Morgan fingerprint density at radius 1 is 1.32 bits per heavy atom. The largest absolute Gasteiger partial charge is 0.506 e. The standard InChI is InChI=1S/C16H16N2O4/c1-22-16(21)13-14(19)11-8-18(9-12(11)17-15(13)20)7-10-5-3-2-4-6-10/h2-6H,7-9H2,1H3,(H2,17,19,20). The molecule has 0 amide bonds. The van der Waals surface area contributed by atoms with Crippen molar-refractivity contribution in [3.8, 4) is 5.75 Å². The molecule has 0 bridgehead atoms. The van der Waals surface area contributed by atoms with Gasteiger partial charge in [-0.25, -0.2) is 4.79 Å². The van der Waals surface area contributed by atoms with Crippen molar-refractivity contribution in [3.05, 3.63) is 63.1 Å². The predicted molar refractivity (Wildman–Crippen MR) is 79.5 cm³/mol. The topological polar surface area (TPSA) is 82.6 Å². The molecule has 0 spiro atoms. The van der Waals surface area contributed by atoms with E-state index in [0.29, 0.717) is 30.9 Å². The Hall–Kier alpha value is -2.60. The Balaban J connectivity index is 1.89. The summed E-state index contributed by atoms with van der Waals surface area (Å²) in [6.45, 7) is 1.69. The lowest BCUT2D eigenvalue weighted by atomic mass is 10.1. The first-order valence-corrected chi connectivity index (χ1v) is 6.91. The van der Waals surface area contributed by atoms with Gasteiger partial charge in [0.05, 0.1) is 7.11 Å². The summed E-state index contributed by atoms with van der Waals surface area (Å²) in [7, 11) is 1.18. The molecule has 1 aliphatic heterocycles. The molecule has 6 nitrogen and oxygen atoms in total. The fourth-order valence-electron chi connectivity index (χ4n) is 2.73. The zero-order chi connectivity index (χ0) is 15.7. The van der Waals surface area contributed by atoms with Crippen LogP contribution in [-0.2, 0) is 24.4 Å². The predicted octanol–water partition coefficient (Wildman–Crippen LogP) is 1.38. The number of hydrogen-bond acceptors (Lipinski definition) is 5. The van der Waals surface area contributed by atoms with E-state index in [4.69, 9.17) is 0 Å². The number of carbonyl (C=O) groups excluding carboxylic acids is 1. The number of nitrogens with one attached hydrogen (secondary N) is 1. The summed E-state index contributed by atoms with van der Waals surface area (Å²) in [5.74, 6) is -1.11. The van der Waals surface area contributed by atoms with Gasteiger partial charge in [0.1, 0.15) is 5.75 Å². The number of fused-ring (bicyclic) bond motifs is 1. The van der Waals surface area contributed by atoms with E-state index in [1.165, 1.54) is 7.11 Å². The van der Waals surface area contributed by atoms with Crippen molar-refractivity contribution >= 4 is 5.97 Å². The number of methoxy groups -OCH3 is 1. The number of esters is 1. The summed E-state index contributed by atoms with van der Waals surface area (Å²) in [5, 5.41) is 10.2. The Morgan fingerprint density at radius 2 is 2.05 bits per heavy atom. The number of rotatable bonds is 3. The van der Waals surface area contributed by atoms with Gasteiger partial charge in [0.2, 0.25) is 0 Å². The number of ether oxygens (including phenoxy) is 1. The lowest BCUT2D eigenvalue weighted by Gasteiger charge is -2.14. The van der Waals surface area contributed by atoms with Crippen LogP contribution in [0.25, 0.3) is 0 Å². The lowest BCUT2D eigenvalue weighted by molar-refractivity contribution is 0.0595. The number of pyridine rings is 1. The van der Waals surface area contributed by atoms with Crippen LogP contribution in [-0.4, -0.2) is 28.1 Å². The van der Waals surface area contributed by atoms with Crippen molar-refractivity contribution in [2.45, 2.75) is 19.6 Å². The van der Waals surface area contributed by atoms with Gasteiger partial charge in [-0.3, -0.25) is 9.69 Å². The Kier molecular flexibility index (Phi) is 3.68. The van der Waals surface area contributed by atoms with Gasteiger partial charge < -0.3 is 14.8 Å². The number of hydrogen-bond donors (Lipinski definition) is 2. The smallest absolute Gasteiger partial charge is 0.347 e. The quantitative estimate of drug-likeness (QED) is 0.837. The van der Waals surface area contributed by atoms with Gasteiger partial charge >= 0.3 is 5.97 Å². The van der Waals surface area contributed by atoms with Gasteiger partial charge in [0.15, 0.2) is 5.56 Å². The lowest BCUT2D eigenvalue weighted by Crippen LogP contribution is -2.21. The average molecular weight is 300 g/mol. The minimum Gasteiger partial charge on any atom is -0.506 e. The van der Waals surface area contributed by atoms with Gasteiger partial charge in [-0.05, 0) is 5.56 Å². The first kappa shape index (κ1) is 14.3. The van der Waals surface area contributed by atoms with E-state index in [0.717, 1.165) is 5.56 Å². The van der Waals surface area contributed by atoms with Gasteiger partial charge in [0, 0.05) is 30.9 Å². The molecule has 0 aliphatic carbocycles. The van der Waals surface area contributed by atoms with Crippen LogP contribution in [0, 0.1) is 0 Å². The van der Waals surface area contributed by atoms with Crippen LogP contribution < -0.4 is 5.56 Å². The molecule has 114 valence electrons. The summed E-state index contributed by atoms with van der Waals surface area (Å²) in [5.41, 5.74) is 1.42. The van der Waals surface area contributed by atoms with Gasteiger partial charge in [-0.15, -0.1) is 0 Å². The number of benzene rings is 1. The van der Waals surface area contributed by atoms with Crippen LogP contribution in [0.1, 0.15) is 27.2 Å². The molecule has 0 saturated heterocycles. The van der Waals surface area contributed by atoms with Crippen molar-refractivity contribution in [2.75, 3.05) is 7.11 Å². The molecular formula is C16H16N2O4. The maximum Gasteiger partial charge on any atom is 0.347 e. The summed E-state index contributed by atoms with van der Waals surface area (Å²) in [6, 6.07) is 9.92. The molecular weight excluding hydrogens is 284 g/mol. The number of aromatic amines is 1. The molecule has 0 saturated carbocycles. The number of H-pyrrole nitrogens is 1. The number of carbonyl (C=O) groups is 1. The van der Waals surface area contributed by atoms with Crippen molar-refractivity contribution < 1.29 is 14.6 Å². The molecule has 0 radical (unpaired) electrons. The fraction of sp³-hybridized carbons (Fsp3) is 0.250. The highest BCUT2D eigenvalue weighted by Crippen LogP contribution is 2.30. The van der Waals surface area contributed by atoms with E-state index in [1.807, 2.05) is 30.3 Å². The van der Waals surface area contributed by atoms with E-state index in [-0.39, 0.29) is 11.3 Å². The van der Waals surface area contributed by atoms with Gasteiger partial charge in [-0.1, -0.05) is 30.3 Å². The second-order valence-corrected chi connectivity index (χ2v) is 5.26. The summed E-state index contributed by atoms with van der Waals surface area (Å²) >= 11 is 0. The molecule has 1 aliphatic rings. The van der Waals surface area contributed by atoms with Crippen molar-refractivity contribution in [2.24, 2.45) is 0 Å². The second kappa shape index (κ2) is 5.65. The molecule has 6 heteroatoms. The maximum absolute atomic E-state index is 11.9. The van der Waals surface area contributed by atoms with Gasteiger partial charge in [-0.2, -0.15) is 0 Å². The molecule has 2 heterocycles. The number of nitrogens with zero attached hydrogens (tertiary/aromatic N) is 1. The Bertz CT molecular complexity index is 768. The monoisotopic (exact) mass is 300 g/mol. The minimum absolute atomic E-state index is 0.277. The maximum atomic E-state index is 11.9. The SMILES string of the molecule is COC(=O)c1c(O)c2c([nH]c1=O)CN(Cc1ccccc1)C2. The first-order valence-electron chi connectivity index (χ1n) is 6.91. The average Bonchev–Trinajstić information content (AvgIpc) is 2.90. The molecule has 0 atom stereocenters. The Morgan fingerprint density at radius 3 is 2.73 bits per heavy atom. The second-order valence-electron chi connectivity index (χ2n) is 5.26. The molecule has 2 aromatic rings. The van der Waals surface area contributed by atoms with Crippen molar-refractivity contribution in [1.29, 1.82) is 0 Å². The molecule has 1 aromatic carbocycles. The van der Waals surface area contributed by atoms with Crippen LogP contribution in [0.2, 0.25) is 0 Å². The van der Waals surface area contributed by atoms with E-state index in [1.54, 1.807) is 0 Å². The summed E-state index contributed by atoms with van der Waals surface area (Å²) in [6.07, 6.45) is 0. The van der Waals surface area contributed by atoms with E-state index < -0.39 is 11.5 Å². The van der Waals surface area contributed by atoms with Crippen LogP contribution in [0.5, 0.6) is 5.75 Å². The highest BCUT2D eigenvalue weighted by molar-refractivity contribution is 5.92. The van der Waals surface area contributed by atoms with E-state index in [9.17, 15) is 14.7 Å². The summed E-state index contributed by atoms with van der Waals surface area (Å²) in [4.78, 5) is 28.3. The molecule has 22 heavy (non-hydrogen) atoms. The normalized spacial score (nSPS) is 13.9. The fourth-order valence-corrected chi connectivity index (χ4v) is 2.73. The van der Waals surface area contributed by atoms with Gasteiger partial charge in [0.25, 0.3) is 5.56 Å². The van der Waals surface area contributed by atoms with Crippen LogP contribution in [0.15, 0.2) is 35.1 Å². The Labute approximate surface area is 127 Å². The highest BCUT2D eigenvalue weighted by Gasteiger charge is 2.28. The zero-order valence-corrected chi connectivity index (χ0v) is 12.1. The van der Waals surface area contributed by atoms with Crippen molar-refractivity contribution in [3.63, 3.8) is 0 Å². The molecule has 0 unspecified atom stereocenters. The van der Waals surface area contributed by atoms with Crippen molar-refractivity contribution in [1.82, 2.24) is 9.88 Å². The third-order valence-electron chi connectivity index (χ3n) is 3.78. The van der Waals surface area contributed by atoms with Crippen LogP contribution in [0.4, 0.5) is 0 Å². The third kappa shape index (κ3) is 2.48. The summed E-state index contributed by atoms with van der Waals surface area (Å²) < 4.78 is 4.55. The minimum atomic E-state index is -0.831. The zero-order valence-electron chi connectivity index (χ0n) is 12.1. The van der Waals surface area contributed by atoms with E-state index >= 15 is 0 Å². The molecule has 3 rings (SSSR count). The highest BCUT2D eigenvalue weighted by atomic mass is 16.5. The van der Waals surface area contributed by atoms with Crippen LogP contribution >= 0.6 is 0 Å².